The molecule has 0 radical (unpaired) electrons. The van der Waals surface area contributed by atoms with Gasteiger partial charge in [0.15, 0.2) is 0 Å². The Morgan fingerprint density at radius 3 is 2.58 bits per heavy atom. The lowest BCUT2D eigenvalue weighted by Crippen LogP contribution is -2.26. The molecule has 0 spiro atoms. The second-order valence-electron chi connectivity index (χ2n) is 8.68. The topological polar surface area (TPSA) is 125 Å². The molecule has 0 fully saturated rings. The van der Waals surface area contributed by atoms with Gasteiger partial charge in [-0.15, -0.1) is 0 Å². The number of hydrogen-bond acceptors (Lipinski definition) is 8. The molecule has 2 aromatic carbocycles. The number of methoxy groups -OCH3 is 1. The summed E-state index contributed by atoms with van der Waals surface area (Å²) < 4.78 is 6.92. The highest BCUT2D eigenvalue weighted by molar-refractivity contribution is 5.96. The van der Waals surface area contributed by atoms with Crippen molar-refractivity contribution in [2.75, 3.05) is 12.4 Å². The molecule has 3 heterocycles. The zero-order valence-electron chi connectivity index (χ0n) is 21.0. The average Bonchev–Trinajstić information content (AvgIpc) is 2.93. The quantitative estimate of drug-likeness (QED) is 0.234. The number of benzene rings is 2. The third-order valence-electron chi connectivity index (χ3n) is 6.23. The van der Waals surface area contributed by atoms with Crippen LogP contribution < -0.4 is 15.6 Å². The lowest BCUT2D eigenvalue weighted by molar-refractivity contribution is -0.384. The molecule has 1 atom stereocenters. The van der Waals surface area contributed by atoms with Crippen LogP contribution in [0.15, 0.2) is 83.9 Å². The summed E-state index contributed by atoms with van der Waals surface area (Å²) in [5, 5.41) is 16.0. The van der Waals surface area contributed by atoms with Crippen molar-refractivity contribution in [3.63, 3.8) is 0 Å². The van der Waals surface area contributed by atoms with Crippen molar-refractivity contribution in [1.82, 2.24) is 19.5 Å². The van der Waals surface area contributed by atoms with Crippen molar-refractivity contribution in [2.45, 2.75) is 19.9 Å². The highest BCUT2D eigenvalue weighted by atomic mass is 16.6. The van der Waals surface area contributed by atoms with Crippen LogP contribution in [0.2, 0.25) is 0 Å². The molecular formula is C28H24N6O4. The minimum atomic E-state index is -0.533. The van der Waals surface area contributed by atoms with Gasteiger partial charge in [-0.1, -0.05) is 36.4 Å². The molecule has 190 valence electrons. The van der Waals surface area contributed by atoms with Crippen LogP contribution in [0.1, 0.15) is 24.5 Å². The summed E-state index contributed by atoms with van der Waals surface area (Å²) in [4.78, 5) is 37.7. The standard InChI is InChI=1S/C28H24N6O4/c1-17(31-27-24(34(36)37)16-30-18(2)32-27)23-14-20-8-7-11-22(19-12-13-29-25(15-19)38-3)26(20)28(35)33(23)21-9-5-4-6-10-21/h4-17H,1-3H3,(H,30,31,32)/t17-/m0/s1. The molecule has 10 heteroatoms. The molecule has 1 N–H and O–H groups in total. The first-order valence-corrected chi connectivity index (χ1v) is 11.9. The molecule has 0 unspecified atom stereocenters. The molecule has 0 aliphatic rings. The zero-order valence-corrected chi connectivity index (χ0v) is 21.0. The van der Waals surface area contributed by atoms with Gasteiger partial charge in [-0.25, -0.2) is 15.0 Å². The fourth-order valence-corrected chi connectivity index (χ4v) is 4.46. The molecule has 5 aromatic rings. The summed E-state index contributed by atoms with van der Waals surface area (Å²) in [5.41, 5.74) is 2.35. The van der Waals surface area contributed by atoms with Crippen molar-refractivity contribution in [1.29, 1.82) is 0 Å². The van der Waals surface area contributed by atoms with Crippen molar-refractivity contribution in [2.24, 2.45) is 0 Å². The van der Waals surface area contributed by atoms with Crippen LogP contribution in [0.3, 0.4) is 0 Å². The Labute approximate surface area is 217 Å². The van der Waals surface area contributed by atoms with E-state index in [0.29, 0.717) is 28.5 Å². The van der Waals surface area contributed by atoms with Gasteiger partial charge in [0, 0.05) is 23.6 Å². The molecule has 0 saturated heterocycles. The summed E-state index contributed by atoms with van der Waals surface area (Å²) in [6.07, 6.45) is 2.82. The summed E-state index contributed by atoms with van der Waals surface area (Å²) in [6, 6.07) is 19.9. The zero-order chi connectivity index (χ0) is 26.8. The maximum absolute atomic E-state index is 14.2. The Hall–Kier alpha value is -5.12. The van der Waals surface area contributed by atoms with E-state index in [1.54, 1.807) is 30.9 Å². The van der Waals surface area contributed by atoms with Gasteiger partial charge in [-0.3, -0.25) is 19.5 Å². The first-order chi connectivity index (χ1) is 18.4. The summed E-state index contributed by atoms with van der Waals surface area (Å²) >= 11 is 0. The van der Waals surface area contributed by atoms with Crippen molar-refractivity contribution in [3.8, 4) is 22.7 Å². The lowest BCUT2D eigenvalue weighted by Gasteiger charge is -2.22. The lowest BCUT2D eigenvalue weighted by atomic mass is 9.98. The molecule has 0 aliphatic heterocycles. The molecule has 0 saturated carbocycles. The largest absolute Gasteiger partial charge is 0.481 e. The maximum Gasteiger partial charge on any atom is 0.329 e. The monoisotopic (exact) mass is 508 g/mol. The Morgan fingerprint density at radius 1 is 1.05 bits per heavy atom. The molecule has 38 heavy (non-hydrogen) atoms. The van der Waals surface area contributed by atoms with Crippen molar-refractivity contribution in [3.05, 3.63) is 111 Å². The summed E-state index contributed by atoms with van der Waals surface area (Å²) in [6.45, 7) is 3.49. The van der Waals surface area contributed by atoms with Crippen molar-refractivity contribution >= 4 is 22.3 Å². The fourth-order valence-electron chi connectivity index (χ4n) is 4.46. The van der Waals surface area contributed by atoms with Crippen LogP contribution in [0.4, 0.5) is 11.5 Å². The number of aryl methyl sites for hydroxylation is 1. The van der Waals surface area contributed by atoms with Gasteiger partial charge in [-0.2, -0.15) is 0 Å². The number of pyridine rings is 2. The number of para-hydroxylation sites is 1. The van der Waals surface area contributed by atoms with Crippen LogP contribution >= 0.6 is 0 Å². The molecule has 10 nitrogen and oxygen atoms in total. The van der Waals surface area contributed by atoms with Crippen LogP contribution in [0.5, 0.6) is 5.88 Å². The van der Waals surface area contributed by atoms with E-state index < -0.39 is 11.0 Å². The first-order valence-electron chi connectivity index (χ1n) is 11.9. The van der Waals surface area contributed by atoms with Crippen LogP contribution in [0, 0.1) is 17.0 Å². The number of ether oxygens (including phenoxy) is 1. The third-order valence-corrected chi connectivity index (χ3v) is 6.23. The number of nitrogens with one attached hydrogen (secondary N) is 1. The summed E-state index contributed by atoms with van der Waals surface area (Å²) in [7, 11) is 1.54. The molecule has 0 bridgehead atoms. The van der Waals surface area contributed by atoms with Gasteiger partial charge in [-0.05, 0) is 54.6 Å². The van der Waals surface area contributed by atoms with E-state index in [-0.39, 0.29) is 17.1 Å². The smallest absolute Gasteiger partial charge is 0.329 e. The Kier molecular flexibility index (Phi) is 6.53. The SMILES string of the molecule is COc1cc(-c2cccc3cc([C@H](C)Nc4nc(C)ncc4[N+](=O)[O-])n(-c4ccccc4)c(=O)c23)ccn1. The number of anilines is 1. The van der Waals surface area contributed by atoms with Gasteiger partial charge in [0.25, 0.3) is 5.56 Å². The highest BCUT2D eigenvalue weighted by Crippen LogP contribution is 2.32. The van der Waals surface area contributed by atoms with Gasteiger partial charge in [0.1, 0.15) is 12.0 Å². The average molecular weight is 509 g/mol. The van der Waals surface area contributed by atoms with Crippen molar-refractivity contribution < 1.29 is 9.66 Å². The first kappa shape index (κ1) is 24.6. The van der Waals surface area contributed by atoms with Crippen LogP contribution in [-0.2, 0) is 0 Å². The van der Waals surface area contributed by atoms with Gasteiger partial charge < -0.3 is 10.1 Å². The predicted molar refractivity (Wildman–Crippen MR) is 145 cm³/mol. The molecule has 5 rings (SSSR count). The van der Waals surface area contributed by atoms with E-state index in [1.165, 1.54) is 6.20 Å². The number of nitrogens with zero attached hydrogens (tertiary/aromatic N) is 5. The predicted octanol–water partition coefficient (Wildman–Crippen LogP) is 5.24. The van der Waals surface area contributed by atoms with Crippen LogP contribution in [0.25, 0.3) is 27.6 Å². The van der Waals surface area contributed by atoms with Crippen LogP contribution in [-0.4, -0.2) is 31.6 Å². The van der Waals surface area contributed by atoms with E-state index in [1.807, 2.05) is 67.6 Å². The number of rotatable bonds is 7. The second-order valence-corrected chi connectivity index (χ2v) is 8.68. The molecular weight excluding hydrogens is 484 g/mol. The Morgan fingerprint density at radius 2 is 1.84 bits per heavy atom. The van der Waals surface area contributed by atoms with E-state index >= 15 is 0 Å². The fraction of sp³-hybridized carbons (Fsp3) is 0.143. The summed E-state index contributed by atoms with van der Waals surface area (Å²) in [5.74, 6) is 0.917. The highest BCUT2D eigenvalue weighted by Gasteiger charge is 2.23. The molecule has 0 aliphatic carbocycles. The maximum atomic E-state index is 14.2. The third kappa shape index (κ3) is 4.55. The van der Waals surface area contributed by atoms with Gasteiger partial charge >= 0.3 is 5.69 Å². The number of nitro groups is 1. The van der Waals surface area contributed by atoms with E-state index in [4.69, 9.17) is 4.74 Å². The number of aromatic nitrogens is 4. The number of fused-ring (bicyclic) bond motifs is 1. The van der Waals surface area contributed by atoms with Gasteiger partial charge in [0.2, 0.25) is 11.7 Å². The number of hydrogen-bond donors (Lipinski definition) is 1. The minimum Gasteiger partial charge on any atom is -0.481 e. The Balaban J connectivity index is 1.74. The normalized spacial score (nSPS) is 11.8. The molecule has 3 aromatic heterocycles. The Bertz CT molecular complexity index is 1720. The van der Waals surface area contributed by atoms with E-state index in [2.05, 4.69) is 20.3 Å². The second kappa shape index (κ2) is 10.1. The minimum absolute atomic E-state index is 0.0831. The van der Waals surface area contributed by atoms with E-state index in [0.717, 1.165) is 16.5 Å². The molecule has 0 amide bonds. The van der Waals surface area contributed by atoms with Gasteiger partial charge in [0.05, 0.1) is 23.5 Å². The van der Waals surface area contributed by atoms with E-state index in [9.17, 15) is 14.9 Å².